The van der Waals surface area contributed by atoms with Crippen LogP contribution in [0.25, 0.3) is 11.0 Å². The summed E-state index contributed by atoms with van der Waals surface area (Å²) in [5, 5.41) is 0.662. The van der Waals surface area contributed by atoms with Gasteiger partial charge in [0.1, 0.15) is 11.3 Å². The minimum Gasteiger partial charge on any atom is -0.492 e. The number of nitrogen functional groups attached to an aromatic ring is 1. The summed E-state index contributed by atoms with van der Waals surface area (Å²) < 4.78 is 7.75. The van der Waals surface area contributed by atoms with Gasteiger partial charge in [0.05, 0.1) is 12.1 Å². The molecular weight excluding hydrogens is 258 g/mol. The van der Waals surface area contributed by atoms with Gasteiger partial charge in [0, 0.05) is 11.8 Å². The predicted octanol–water partition coefficient (Wildman–Crippen LogP) is 2.91. The monoisotopic (exact) mass is 277 g/mol. The molecule has 102 valence electrons. The number of aromatic nitrogens is 2. The Morgan fingerprint density at radius 3 is 3.16 bits per heavy atom. The van der Waals surface area contributed by atoms with Crippen LogP contribution in [0, 0.1) is 0 Å². The van der Waals surface area contributed by atoms with E-state index in [9.17, 15) is 0 Å². The van der Waals surface area contributed by atoms with E-state index >= 15 is 0 Å². The smallest absolute Gasteiger partial charge is 0.201 e. The number of para-hydroxylation sites is 1. The van der Waals surface area contributed by atoms with Crippen LogP contribution < -0.4 is 10.5 Å². The number of ether oxygens (including phenoxy) is 1. The molecular formula is C14H19N3OS. The molecule has 2 N–H and O–H groups in total. The third-order valence-corrected chi connectivity index (χ3v) is 4.86. The maximum atomic E-state index is 6.08. The van der Waals surface area contributed by atoms with E-state index in [1.54, 1.807) is 0 Å². The van der Waals surface area contributed by atoms with E-state index in [-0.39, 0.29) is 0 Å². The number of imidazole rings is 1. The Bertz CT molecular complexity index is 575. The van der Waals surface area contributed by atoms with Crippen molar-refractivity contribution in [2.24, 2.45) is 0 Å². The van der Waals surface area contributed by atoms with Crippen molar-refractivity contribution in [2.45, 2.75) is 31.6 Å². The molecule has 2 aromatic rings. The van der Waals surface area contributed by atoms with Crippen LogP contribution in [-0.2, 0) is 6.54 Å². The van der Waals surface area contributed by atoms with Crippen LogP contribution >= 0.6 is 11.8 Å². The molecule has 0 radical (unpaired) electrons. The lowest BCUT2D eigenvalue weighted by Crippen LogP contribution is -2.12. The average Bonchev–Trinajstić information content (AvgIpc) is 3.01. The van der Waals surface area contributed by atoms with Crippen molar-refractivity contribution in [2.75, 3.05) is 18.1 Å². The number of hydrogen-bond acceptors (Lipinski definition) is 4. The van der Waals surface area contributed by atoms with Crippen LogP contribution in [0.1, 0.15) is 19.8 Å². The fraction of sp³-hybridized carbons (Fsp3) is 0.500. The molecule has 1 aromatic carbocycles. The fourth-order valence-corrected chi connectivity index (χ4v) is 3.85. The van der Waals surface area contributed by atoms with Crippen molar-refractivity contribution in [3.63, 3.8) is 0 Å². The summed E-state index contributed by atoms with van der Waals surface area (Å²) in [7, 11) is 0. The first kappa shape index (κ1) is 12.7. The van der Waals surface area contributed by atoms with Crippen LogP contribution in [0.15, 0.2) is 18.2 Å². The van der Waals surface area contributed by atoms with Crippen molar-refractivity contribution in [3.05, 3.63) is 18.2 Å². The molecule has 1 unspecified atom stereocenters. The molecule has 1 fully saturated rings. The van der Waals surface area contributed by atoms with Gasteiger partial charge in [0.25, 0.3) is 0 Å². The highest BCUT2D eigenvalue weighted by molar-refractivity contribution is 8.00. The third-order valence-electron chi connectivity index (χ3n) is 3.48. The second-order valence-corrected chi connectivity index (χ2v) is 6.18. The molecule has 0 amide bonds. The van der Waals surface area contributed by atoms with Crippen molar-refractivity contribution in [1.29, 1.82) is 0 Å². The van der Waals surface area contributed by atoms with Crippen molar-refractivity contribution >= 4 is 28.7 Å². The largest absolute Gasteiger partial charge is 0.492 e. The summed E-state index contributed by atoms with van der Waals surface area (Å²) in [6.45, 7) is 3.57. The molecule has 4 nitrogen and oxygen atoms in total. The zero-order chi connectivity index (χ0) is 13.2. The molecule has 0 bridgehead atoms. The minimum absolute atomic E-state index is 0.592. The van der Waals surface area contributed by atoms with Gasteiger partial charge in [-0.25, -0.2) is 4.98 Å². The van der Waals surface area contributed by atoms with Crippen LogP contribution in [0.2, 0.25) is 0 Å². The Morgan fingerprint density at radius 1 is 1.53 bits per heavy atom. The van der Waals surface area contributed by atoms with Gasteiger partial charge in [-0.3, -0.25) is 0 Å². The lowest BCUT2D eigenvalue weighted by atomic mass is 10.2. The first-order valence-electron chi connectivity index (χ1n) is 6.78. The summed E-state index contributed by atoms with van der Waals surface area (Å²) in [6.07, 6.45) is 2.58. The number of nitrogens with zero attached hydrogens (tertiary/aromatic N) is 2. The summed E-state index contributed by atoms with van der Waals surface area (Å²) in [5.74, 6) is 2.68. The summed E-state index contributed by atoms with van der Waals surface area (Å²) >= 11 is 2.04. The topological polar surface area (TPSA) is 53.1 Å². The molecule has 1 atom stereocenters. The predicted molar refractivity (Wildman–Crippen MR) is 80.8 cm³/mol. The Kier molecular flexibility index (Phi) is 3.55. The lowest BCUT2D eigenvalue weighted by Gasteiger charge is -2.12. The zero-order valence-electron chi connectivity index (χ0n) is 11.1. The standard InChI is InChI=1S/C14H19N3OS/c1-2-18-12-7-3-6-11-13(12)16-14(15)17(11)9-10-5-4-8-19-10/h3,6-7,10H,2,4-5,8-9H2,1H3,(H2,15,16). The summed E-state index contributed by atoms with van der Waals surface area (Å²) in [4.78, 5) is 4.48. The van der Waals surface area contributed by atoms with Crippen LogP contribution in [0.4, 0.5) is 5.95 Å². The molecule has 0 aliphatic carbocycles. The van der Waals surface area contributed by atoms with E-state index in [0.29, 0.717) is 17.8 Å². The number of anilines is 1. The van der Waals surface area contributed by atoms with Crippen molar-refractivity contribution in [1.82, 2.24) is 9.55 Å². The van der Waals surface area contributed by atoms with Gasteiger partial charge >= 0.3 is 0 Å². The average molecular weight is 277 g/mol. The highest BCUT2D eigenvalue weighted by Gasteiger charge is 2.19. The molecule has 2 heterocycles. The zero-order valence-corrected chi connectivity index (χ0v) is 11.9. The van der Waals surface area contributed by atoms with Gasteiger partial charge in [-0.05, 0) is 37.7 Å². The van der Waals surface area contributed by atoms with Crippen LogP contribution in [-0.4, -0.2) is 27.2 Å². The minimum atomic E-state index is 0.592. The Morgan fingerprint density at radius 2 is 2.42 bits per heavy atom. The van der Waals surface area contributed by atoms with E-state index in [4.69, 9.17) is 10.5 Å². The molecule has 1 saturated heterocycles. The van der Waals surface area contributed by atoms with Gasteiger partial charge in [0.2, 0.25) is 5.95 Å². The van der Waals surface area contributed by atoms with Crippen LogP contribution in [0.5, 0.6) is 5.75 Å². The second kappa shape index (κ2) is 5.33. The summed E-state index contributed by atoms with van der Waals surface area (Å²) in [6, 6.07) is 6.03. The first-order chi connectivity index (χ1) is 9.29. The summed E-state index contributed by atoms with van der Waals surface area (Å²) in [5.41, 5.74) is 8.04. The third kappa shape index (κ3) is 2.39. The van der Waals surface area contributed by atoms with Gasteiger partial charge in [-0.1, -0.05) is 6.07 Å². The van der Waals surface area contributed by atoms with Gasteiger partial charge < -0.3 is 15.0 Å². The molecule has 5 heteroatoms. The number of benzene rings is 1. The molecule has 1 aromatic heterocycles. The van der Waals surface area contributed by atoms with E-state index in [1.807, 2.05) is 30.8 Å². The molecule has 1 aliphatic rings. The first-order valence-corrected chi connectivity index (χ1v) is 7.83. The van der Waals surface area contributed by atoms with E-state index in [1.165, 1.54) is 18.6 Å². The van der Waals surface area contributed by atoms with Gasteiger partial charge in [-0.2, -0.15) is 11.8 Å². The van der Waals surface area contributed by atoms with Crippen LogP contribution in [0.3, 0.4) is 0 Å². The molecule has 0 spiro atoms. The molecule has 1 aliphatic heterocycles. The van der Waals surface area contributed by atoms with E-state index < -0.39 is 0 Å². The number of rotatable bonds is 4. The Balaban J connectivity index is 1.99. The number of fused-ring (bicyclic) bond motifs is 1. The normalized spacial score (nSPS) is 19.1. The number of thioether (sulfide) groups is 1. The van der Waals surface area contributed by atoms with Gasteiger partial charge in [0.15, 0.2) is 0 Å². The fourth-order valence-electron chi connectivity index (χ4n) is 2.60. The van der Waals surface area contributed by atoms with E-state index in [0.717, 1.165) is 23.3 Å². The lowest BCUT2D eigenvalue weighted by molar-refractivity contribution is 0.343. The number of hydrogen-bond donors (Lipinski definition) is 1. The molecule has 0 saturated carbocycles. The quantitative estimate of drug-likeness (QED) is 0.933. The van der Waals surface area contributed by atoms with E-state index in [2.05, 4.69) is 15.6 Å². The Hall–Kier alpha value is -1.36. The maximum Gasteiger partial charge on any atom is 0.201 e. The van der Waals surface area contributed by atoms with Crippen molar-refractivity contribution in [3.8, 4) is 5.75 Å². The van der Waals surface area contributed by atoms with Gasteiger partial charge in [-0.15, -0.1) is 0 Å². The molecule has 19 heavy (non-hydrogen) atoms. The highest BCUT2D eigenvalue weighted by Crippen LogP contribution is 2.32. The Labute approximate surface area is 117 Å². The highest BCUT2D eigenvalue weighted by atomic mass is 32.2. The SMILES string of the molecule is CCOc1cccc2c1nc(N)n2CC1CCCS1. The van der Waals surface area contributed by atoms with Crippen molar-refractivity contribution < 1.29 is 4.74 Å². The maximum absolute atomic E-state index is 6.08. The number of nitrogens with two attached hydrogens (primary N) is 1. The second-order valence-electron chi connectivity index (χ2n) is 4.77. The molecule has 3 rings (SSSR count).